The predicted molar refractivity (Wildman–Crippen MR) is 266 cm³/mol. The second-order valence-electron chi connectivity index (χ2n) is 18.8. The zero-order valence-electron chi connectivity index (χ0n) is 42.5. The number of Topliss-reactive ketones (excluding diaryl/α,β-unsaturated/α-hetero) is 1. The topological polar surface area (TPSA) is 37.4 Å². The van der Waals surface area contributed by atoms with Crippen LogP contribution in [0, 0.1) is 11.2 Å². The average Bonchev–Trinajstić information content (AvgIpc) is 0.836. The molecule has 85 heavy (non-hydrogen) atoms. The molecule has 0 aromatic heterocycles. The first-order valence-electron chi connectivity index (χ1n) is 23.6. The third-order valence-corrected chi connectivity index (χ3v) is 14.9. The molecule has 0 aliphatic heterocycles. The smallest absolute Gasteiger partial charge is 0.378 e. The Morgan fingerprint density at radius 3 is 0.894 bits per heavy atom. The number of anilines is 1. The molecule has 7 aromatic rings. The summed E-state index contributed by atoms with van der Waals surface area (Å²) in [5.41, 5.74) is -27.9. The first-order chi connectivity index (χ1) is 38.7. The summed E-state index contributed by atoms with van der Waals surface area (Å²) in [6.07, 6.45) is -54.8. The maximum Gasteiger partial charge on any atom is 0.416 e. The van der Waals surface area contributed by atoms with E-state index in [1.165, 1.54) is 0 Å². The van der Waals surface area contributed by atoms with Crippen LogP contribution in [0.4, 0.5) is 111 Å². The van der Waals surface area contributed by atoms with Crippen LogP contribution in [0.5, 0.6) is 0 Å². The van der Waals surface area contributed by atoms with E-state index in [1.54, 1.807) is 24.3 Å². The molecule has 1 atom stereocenters. The molecule has 7 aromatic carbocycles. The number of hydrogen-bond acceptors (Lipinski definition) is 3. The number of halogens is 24. The Bertz CT molecular complexity index is 3220. The summed E-state index contributed by atoms with van der Waals surface area (Å²) in [5, 5.41) is 2.91. The normalized spacial score (nSPS) is 13.7. The second kappa shape index (κ2) is 23.5. The molecule has 1 unspecified atom stereocenters. The Morgan fingerprint density at radius 1 is 0.388 bits per heavy atom. The van der Waals surface area contributed by atoms with Gasteiger partial charge in [0.2, 0.25) is 15.7 Å². The van der Waals surface area contributed by atoms with Crippen LogP contribution in [-0.2, 0) is 63.6 Å². The zero-order valence-corrected chi connectivity index (χ0v) is 43.4. The SMILES string of the molecule is CN(C)c1ccc(C(=O)C[S+](=O)(C#Cc2ccccc2)c2ccccc2)cc1.FC(F)(F)c1cc([B-](c2cc(C(F)(F)F)cc(C(F)(F)F)c2)(c2cc(C(F)(F)F)cc(C(F)(F)F)c2)c2cc(C(F)(F)F)cc(C(F)(F)F)c2)cc(C(F)(F)F)c1. The van der Waals surface area contributed by atoms with Gasteiger partial charge in [0.25, 0.3) is 0 Å². The van der Waals surface area contributed by atoms with Gasteiger partial charge in [-0.1, -0.05) is 89.1 Å². The van der Waals surface area contributed by atoms with Crippen LogP contribution in [0.1, 0.15) is 60.4 Å². The molecule has 0 spiro atoms. The number of carbonyl (C=O) groups is 1. The Kier molecular flexibility index (Phi) is 18.3. The molecule has 0 fully saturated rings. The molecule has 0 amide bonds. The third kappa shape index (κ3) is 15.7. The van der Waals surface area contributed by atoms with Gasteiger partial charge in [0.15, 0.2) is 15.9 Å². The predicted octanol–water partition coefficient (Wildman–Crippen LogP) is 15.7. The lowest BCUT2D eigenvalue weighted by molar-refractivity contribution is -0.144. The van der Waals surface area contributed by atoms with E-state index in [0.717, 1.165) is 11.3 Å². The van der Waals surface area contributed by atoms with Crippen LogP contribution in [0.3, 0.4) is 0 Å². The van der Waals surface area contributed by atoms with Crippen LogP contribution in [-0.4, -0.2) is 31.8 Å². The van der Waals surface area contributed by atoms with Crippen molar-refractivity contribution in [3.8, 4) is 11.2 Å². The lowest BCUT2D eigenvalue weighted by Crippen LogP contribution is -2.75. The van der Waals surface area contributed by atoms with Crippen molar-refractivity contribution in [2.75, 3.05) is 24.7 Å². The summed E-state index contributed by atoms with van der Waals surface area (Å²) in [5.74, 6) is 2.66. The first kappa shape index (κ1) is 66.2. The minimum Gasteiger partial charge on any atom is -0.378 e. The van der Waals surface area contributed by atoms with E-state index in [0.29, 0.717) is 10.5 Å². The maximum absolute atomic E-state index is 14.2. The number of carbonyl (C=O) groups excluding carboxylic acids is 1. The monoisotopic (exact) mass is 1250 g/mol. The van der Waals surface area contributed by atoms with Crippen molar-refractivity contribution < 1.29 is 114 Å². The number of benzene rings is 7. The Balaban J connectivity index is 0.000000343. The molecule has 0 aliphatic rings. The lowest BCUT2D eigenvalue weighted by Gasteiger charge is -2.46. The van der Waals surface area contributed by atoms with Gasteiger partial charge in [-0.15, -0.1) is 0 Å². The van der Waals surface area contributed by atoms with E-state index >= 15 is 0 Å². The molecular weight excluding hydrogens is 1220 g/mol. The number of rotatable bonds is 9. The minimum absolute atomic E-state index is 0.141. The summed E-state index contributed by atoms with van der Waals surface area (Å²) in [6.45, 7) is 0. The summed E-state index contributed by atoms with van der Waals surface area (Å²) in [6, 6.07) is 16.9. The highest BCUT2D eigenvalue weighted by molar-refractivity contribution is 8.07. The molecule has 0 aliphatic carbocycles. The summed E-state index contributed by atoms with van der Waals surface area (Å²) in [4.78, 5) is 15.4. The lowest BCUT2D eigenvalue weighted by atomic mass is 9.12. The largest absolute Gasteiger partial charge is 0.416 e. The van der Waals surface area contributed by atoms with E-state index in [2.05, 4.69) is 11.2 Å². The Labute approximate surface area is 466 Å². The molecule has 7 rings (SSSR count). The molecule has 0 saturated heterocycles. The fourth-order valence-corrected chi connectivity index (χ4v) is 10.5. The van der Waals surface area contributed by atoms with E-state index in [4.69, 9.17) is 0 Å². The molecule has 452 valence electrons. The minimum atomic E-state index is -6.13. The zero-order chi connectivity index (χ0) is 63.9. The van der Waals surface area contributed by atoms with Crippen molar-refractivity contribution in [1.82, 2.24) is 0 Å². The molecule has 0 bridgehead atoms. The molecular formula is C56H34BF24NO2S. The highest BCUT2D eigenvalue weighted by atomic mass is 32.2. The summed E-state index contributed by atoms with van der Waals surface area (Å²) >= 11 is 0. The molecule has 0 saturated carbocycles. The highest BCUT2D eigenvalue weighted by Crippen LogP contribution is 2.42. The van der Waals surface area contributed by atoms with E-state index in [9.17, 15) is 114 Å². The van der Waals surface area contributed by atoms with Gasteiger partial charge in [-0.3, -0.25) is 4.79 Å². The van der Waals surface area contributed by atoms with Crippen molar-refractivity contribution in [3.05, 3.63) is 213 Å². The maximum atomic E-state index is 14.2. The first-order valence-corrected chi connectivity index (χ1v) is 25.3. The number of hydrogen-bond donors (Lipinski definition) is 0. The van der Waals surface area contributed by atoms with Crippen LogP contribution in [0.15, 0.2) is 163 Å². The quantitative estimate of drug-likeness (QED) is 0.0475. The number of alkyl halides is 24. The molecule has 29 heteroatoms. The molecule has 0 radical (unpaired) electrons. The van der Waals surface area contributed by atoms with Crippen molar-refractivity contribution >= 4 is 49.4 Å². The van der Waals surface area contributed by atoms with E-state index in [1.807, 2.05) is 79.7 Å². The molecule has 0 heterocycles. The molecule has 0 N–H and O–H groups in total. The van der Waals surface area contributed by atoms with Gasteiger partial charge in [0.05, 0.1) is 44.5 Å². The van der Waals surface area contributed by atoms with Crippen LogP contribution in [0.25, 0.3) is 0 Å². The van der Waals surface area contributed by atoms with Crippen molar-refractivity contribution in [2.24, 2.45) is 0 Å². The second-order valence-corrected chi connectivity index (χ2v) is 21.1. The van der Waals surface area contributed by atoms with E-state index < -0.39 is 205 Å². The van der Waals surface area contributed by atoms with Gasteiger partial charge in [0.1, 0.15) is 6.15 Å². The highest BCUT2D eigenvalue weighted by Gasteiger charge is 2.47. The van der Waals surface area contributed by atoms with Crippen LogP contribution in [0.2, 0.25) is 0 Å². The van der Waals surface area contributed by atoms with Crippen molar-refractivity contribution in [2.45, 2.75) is 54.3 Å². The van der Waals surface area contributed by atoms with Gasteiger partial charge >= 0.3 is 49.4 Å². The fraction of sp³-hybridized carbons (Fsp3) is 0.196. The van der Waals surface area contributed by atoms with Crippen molar-refractivity contribution in [1.29, 1.82) is 0 Å². The van der Waals surface area contributed by atoms with Gasteiger partial charge in [0, 0.05) is 30.9 Å². The molecule has 3 nitrogen and oxygen atoms in total. The number of ketones is 1. The fourth-order valence-electron chi connectivity index (χ4n) is 8.77. The summed E-state index contributed by atoms with van der Waals surface area (Å²) < 4.78 is 355. The van der Waals surface area contributed by atoms with Gasteiger partial charge in [-0.2, -0.15) is 127 Å². The van der Waals surface area contributed by atoms with Gasteiger partial charge in [-0.25, -0.2) is 0 Å². The Morgan fingerprint density at radius 2 is 0.647 bits per heavy atom. The number of nitrogens with zero attached hydrogens (tertiary/aromatic N) is 1. The van der Waals surface area contributed by atoms with Gasteiger partial charge in [-0.05, 0) is 78.7 Å². The third-order valence-electron chi connectivity index (χ3n) is 12.7. The standard InChI is InChI=1S/C32H12BF24.C24H22NO2S/c34-25(35,36)13-1-14(26(37,38)39)6-21(5-13)33(22-7-15(27(40,41)42)2-16(8-22)28(43,44)45,23-9-17(29(46,47)48)3-18(10-23)30(49,50)51)24-11-19(31(52,53)54)4-20(12-24)32(55,56)57;1-25(2)22-15-13-21(14-16-22)24(26)19-28(27,23-11-7-4-8-12-23)18-17-20-9-5-3-6-10-20/h1-12H;3-16H,19H2,1-2H3/q-1;+1. The Hall–Kier alpha value is -7.90. The van der Waals surface area contributed by atoms with Crippen LogP contribution >= 0.6 is 0 Å². The van der Waals surface area contributed by atoms with Crippen LogP contribution < -0.4 is 26.8 Å². The summed E-state index contributed by atoms with van der Waals surface area (Å²) in [7, 11) is 1.02. The van der Waals surface area contributed by atoms with Gasteiger partial charge < -0.3 is 4.90 Å². The average molecular weight is 1250 g/mol. The van der Waals surface area contributed by atoms with E-state index in [-0.39, 0.29) is 11.5 Å². The van der Waals surface area contributed by atoms with Crippen molar-refractivity contribution in [3.63, 3.8) is 0 Å².